The lowest BCUT2D eigenvalue weighted by molar-refractivity contribution is -0.138. The number of carbonyl (C=O) groups is 2. The minimum Gasteiger partial charge on any atom is -0.435 e. The third-order valence-electron chi connectivity index (χ3n) is 3.11. The molecule has 5 nitrogen and oxygen atoms in total. The van der Waals surface area contributed by atoms with E-state index in [2.05, 4.69) is 10.1 Å². The molecule has 2 rings (SSSR count). The van der Waals surface area contributed by atoms with Gasteiger partial charge < -0.3 is 10.1 Å². The number of hydrogen-bond donors (Lipinski definition) is 1. The molecule has 21 heavy (non-hydrogen) atoms. The van der Waals surface area contributed by atoms with Crippen LogP contribution in [0.15, 0.2) is 24.3 Å². The highest BCUT2D eigenvalue weighted by molar-refractivity contribution is 6.06. The molecule has 1 aliphatic heterocycles. The minimum atomic E-state index is -2.87. The summed E-state index contributed by atoms with van der Waals surface area (Å²) >= 11 is 0. The van der Waals surface area contributed by atoms with E-state index in [1.165, 1.54) is 29.2 Å². The fraction of sp³-hybridized carbons (Fsp3) is 0.429. The van der Waals surface area contributed by atoms with E-state index in [4.69, 9.17) is 0 Å². The van der Waals surface area contributed by atoms with Crippen LogP contribution in [-0.4, -0.2) is 35.9 Å². The molecule has 1 unspecified atom stereocenters. The summed E-state index contributed by atoms with van der Waals surface area (Å²) in [6, 6.07) is 5.19. The van der Waals surface area contributed by atoms with Crippen molar-refractivity contribution in [1.29, 1.82) is 0 Å². The maximum atomic E-state index is 12.0. The Morgan fingerprint density at radius 2 is 2.00 bits per heavy atom. The number of rotatable bonds is 6. The summed E-state index contributed by atoms with van der Waals surface area (Å²) in [5.41, 5.74) is 0.570. The molecule has 0 saturated carbocycles. The average molecular weight is 298 g/mol. The molecule has 0 aromatic heterocycles. The van der Waals surface area contributed by atoms with Gasteiger partial charge in [0.25, 0.3) is 5.91 Å². The zero-order valence-electron chi connectivity index (χ0n) is 11.5. The maximum Gasteiger partial charge on any atom is 0.387 e. The van der Waals surface area contributed by atoms with Crippen molar-refractivity contribution in [1.82, 2.24) is 4.90 Å². The van der Waals surface area contributed by atoms with Crippen LogP contribution in [0.4, 0.5) is 14.5 Å². The Morgan fingerprint density at radius 1 is 1.33 bits per heavy atom. The first kappa shape index (κ1) is 15.2. The van der Waals surface area contributed by atoms with Crippen molar-refractivity contribution in [3.8, 4) is 5.75 Å². The van der Waals surface area contributed by atoms with Crippen molar-refractivity contribution in [2.24, 2.45) is 0 Å². The zero-order chi connectivity index (χ0) is 15.4. The third-order valence-corrected chi connectivity index (χ3v) is 3.11. The molecule has 2 amide bonds. The number of benzene rings is 1. The molecular weight excluding hydrogens is 282 g/mol. The summed E-state index contributed by atoms with van der Waals surface area (Å²) in [6.45, 7) is -0.569. The van der Waals surface area contributed by atoms with Crippen LogP contribution in [-0.2, 0) is 9.59 Å². The predicted octanol–water partition coefficient (Wildman–Crippen LogP) is 2.24. The fourth-order valence-electron chi connectivity index (χ4n) is 2.19. The highest BCUT2D eigenvalue weighted by atomic mass is 19.3. The molecule has 1 aromatic rings. The zero-order valence-corrected chi connectivity index (χ0v) is 11.5. The van der Waals surface area contributed by atoms with Crippen molar-refractivity contribution < 1.29 is 23.1 Å². The van der Waals surface area contributed by atoms with Crippen LogP contribution in [0, 0.1) is 0 Å². The number of ether oxygens (including phenoxy) is 1. The lowest BCUT2D eigenvalue weighted by atomic mass is 10.2. The van der Waals surface area contributed by atoms with Crippen LogP contribution in [0.3, 0.4) is 0 Å². The Hall–Kier alpha value is -2.18. The van der Waals surface area contributed by atoms with Crippen LogP contribution < -0.4 is 10.1 Å². The summed E-state index contributed by atoms with van der Waals surface area (Å²) in [5, 5.41) is 2.93. The molecule has 0 bridgehead atoms. The quantitative estimate of drug-likeness (QED) is 0.818. The van der Waals surface area contributed by atoms with Crippen LogP contribution in [0.1, 0.15) is 19.8 Å². The number of imide groups is 1. The smallest absolute Gasteiger partial charge is 0.387 e. The molecule has 0 radical (unpaired) electrons. The second-order valence-corrected chi connectivity index (χ2v) is 4.69. The molecule has 0 spiro atoms. The number of anilines is 1. The number of nitrogens with one attached hydrogen (secondary N) is 1. The van der Waals surface area contributed by atoms with Gasteiger partial charge in [-0.25, -0.2) is 0 Å². The normalized spacial score (nSPS) is 18.5. The molecule has 0 aliphatic carbocycles. The number of carbonyl (C=O) groups excluding carboxylic acids is 2. The Kier molecular flexibility index (Phi) is 4.72. The molecule has 7 heteroatoms. The second-order valence-electron chi connectivity index (χ2n) is 4.69. The number of amides is 2. The summed E-state index contributed by atoms with van der Waals surface area (Å²) < 4.78 is 28.3. The van der Waals surface area contributed by atoms with E-state index in [1.54, 1.807) is 0 Å². The maximum absolute atomic E-state index is 12.0. The SMILES string of the molecule is CCCN1C(=O)CC(Nc2ccc(OC(F)F)cc2)C1=O. The fourth-order valence-corrected chi connectivity index (χ4v) is 2.19. The van der Waals surface area contributed by atoms with Crippen LogP contribution in [0.2, 0.25) is 0 Å². The number of alkyl halides is 2. The molecule has 1 N–H and O–H groups in total. The number of hydrogen-bond acceptors (Lipinski definition) is 4. The van der Waals surface area contributed by atoms with Crippen molar-refractivity contribution in [3.05, 3.63) is 24.3 Å². The van der Waals surface area contributed by atoms with E-state index in [1.807, 2.05) is 6.92 Å². The molecule has 1 atom stereocenters. The van der Waals surface area contributed by atoms with E-state index in [0.717, 1.165) is 0 Å². The number of likely N-dealkylation sites (tertiary alicyclic amines) is 1. The summed E-state index contributed by atoms with van der Waals surface area (Å²) in [7, 11) is 0. The van der Waals surface area contributed by atoms with Gasteiger partial charge in [-0.1, -0.05) is 6.92 Å². The highest BCUT2D eigenvalue weighted by Gasteiger charge is 2.37. The van der Waals surface area contributed by atoms with Crippen molar-refractivity contribution in [3.63, 3.8) is 0 Å². The minimum absolute atomic E-state index is 0.0389. The molecular formula is C14H16F2N2O3. The van der Waals surface area contributed by atoms with Gasteiger partial charge in [-0.05, 0) is 30.7 Å². The Labute approximate surface area is 120 Å². The monoisotopic (exact) mass is 298 g/mol. The van der Waals surface area contributed by atoms with E-state index in [-0.39, 0.29) is 24.0 Å². The Balaban J connectivity index is 1.99. The highest BCUT2D eigenvalue weighted by Crippen LogP contribution is 2.21. The topological polar surface area (TPSA) is 58.6 Å². The first-order valence-electron chi connectivity index (χ1n) is 6.67. The van der Waals surface area contributed by atoms with Gasteiger partial charge in [0.2, 0.25) is 5.91 Å². The first-order chi connectivity index (χ1) is 10.0. The van der Waals surface area contributed by atoms with E-state index in [9.17, 15) is 18.4 Å². The van der Waals surface area contributed by atoms with Gasteiger partial charge in [0, 0.05) is 12.2 Å². The van der Waals surface area contributed by atoms with E-state index >= 15 is 0 Å². The second kappa shape index (κ2) is 6.51. The van der Waals surface area contributed by atoms with Crippen molar-refractivity contribution in [2.45, 2.75) is 32.4 Å². The van der Waals surface area contributed by atoms with Crippen LogP contribution >= 0.6 is 0 Å². The predicted molar refractivity (Wildman–Crippen MR) is 72.1 cm³/mol. The molecule has 114 valence electrons. The number of nitrogens with zero attached hydrogens (tertiary/aromatic N) is 1. The lowest BCUT2D eigenvalue weighted by Crippen LogP contribution is -2.35. The van der Waals surface area contributed by atoms with Gasteiger partial charge >= 0.3 is 6.61 Å². The van der Waals surface area contributed by atoms with Gasteiger partial charge in [-0.15, -0.1) is 0 Å². The number of halogens is 2. The van der Waals surface area contributed by atoms with Gasteiger partial charge in [-0.2, -0.15) is 8.78 Å². The molecule has 1 saturated heterocycles. The largest absolute Gasteiger partial charge is 0.435 e. The van der Waals surface area contributed by atoms with E-state index < -0.39 is 12.7 Å². The van der Waals surface area contributed by atoms with Gasteiger partial charge in [-0.3, -0.25) is 14.5 Å². The Morgan fingerprint density at radius 3 is 2.57 bits per heavy atom. The molecule has 1 aliphatic rings. The van der Waals surface area contributed by atoms with Gasteiger partial charge in [0.05, 0.1) is 6.42 Å². The average Bonchev–Trinajstić information content (AvgIpc) is 2.69. The standard InChI is InChI=1S/C14H16F2N2O3/c1-2-7-18-12(19)8-11(13(18)20)17-9-3-5-10(6-4-9)21-14(15)16/h3-6,11,14,17H,2,7-8H2,1H3. The summed E-state index contributed by atoms with van der Waals surface area (Å²) in [5.74, 6) is -0.413. The Bertz CT molecular complexity index is 519. The molecule has 1 aromatic carbocycles. The van der Waals surface area contributed by atoms with Crippen molar-refractivity contribution in [2.75, 3.05) is 11.9 Å². The molecule has 1 fully saturated rings. The van der Waals surface area contributed by atoms with Crippen LogP contribution in [0.25, 0.3) is 0 Å². The first-order valence-corrected chi connectivity index (χ1v) is 6.67. The third kappa shape index (κ3) is 3.68. The van der Waals surface area contributed by atoms with Crippen LogP contribution in [0.5, 0.6) is 5.75 Å². The molecule has 1 heterocycles. The van der Waals surface area contributed by atoms with Gasteiger partial charge in [0.1, 0.15) is 11.8 Å². The van der Waals surface area contributed by atoms with E-state index in [0.29, 0.717) is 18.7 Å². The van der Waals surface area contributed by atoms with Gasteiger partial charge in [0.15, 0.2) is 0 Å². The summed E-state index contributed by atoms with van der Waals surface area (Å²) in [6.07, 6.45) is 0.817. The summed E-state index contributed by atoms with van der Waals surface area (Å²) in [4.78, 5) is 25.0. The van der Waals surface area contributed by atoms with Crippen molar-refractivity contribution >= 4 is 17.5 Å². The lowest BCUT2D eigenvalue weighted by Gasteiger charge is -2.15.